The number of aromatic nitrogens is 2. The summed E-state index contributed by atoms with van der Waals surface area (Å²) >= 11 is 5.75. The van der Waals surface area contributed by atoms with E-state index >= 15 is 0 Å². The lowest BCUT2D eigenvalue weighted by Gasteiger charge is -2.15. The van der Waals surface area contributed by atoms with Crippen LogP contribution in [0.3, 0.4) is 0 Å². The first kappa shape index (κ1) is 12.7. The minimum Gasteiger partial charge on any atom is -0.360 e. The summed E-state index contributed by atoms with van der Waals surface area (Å²) < 4.78 is 7.38. The van der Waals surface area contributed by atoms with Gasteiger partial charge in [-0.25, -0.2) is 4.68 Å². The van der Waals surface area contributed by atoms with Gasteiger partial charge in [0.25, 0.3) is 0 Å². The number of nitrogens with zero attached hydrogens (tertiary/aromatic N) is 2. The van der Waals surface area contributed by atoms with Crippen LogP contribution < -0.4 is 0 Å². The molecule has 0 radical (unpaired) electrons. The van der Waals surface area contributed by atoms with Gasteiger partial charge in [0.15, 0.2) is 0 Å². The average molecular weight is 247 g/mol. The van der Waals surface area contributed by atoms with Crippen molar-refractivity contribution in [1.29, 1.82) is 0 Å². The van der Waals surface area contributed by atoms with Crippen LogP contribution in [0.1, 0.15) is 5.69 Å². The molecule has 0 N–H and O–H groups in total. The second-order valence-corrected chi connectivity index (χ2v) is 10.7. The standard InChI is InChI=1S/C10H19ClN2OSi/c1-15(2,3)7-6-14-9-13-10(8-11)4-5-12-13/h4-5H,6-9H2,1-3H3. The molecule has 0 saturated carbocycles. The molecule has 0 aliphatic carbocycles. The molecule has 0 aromatic carbocycles. The minimum atomic E-state index is -0.982. The molecule has 0 fully saturated rings. The highest BCUT2D eigenvalue weighted by atomic mass is 35.5. The predicted octanol–water partition coefficient (Wildman–Crippen LogP) is 2.93. The smallest absolute Gasteiger partial charge is 0.139 e. The maximum absolute atomic E-state index is 5.75. The van der Waals surface area contributed by atoms with Gasteiger partial charge < -0.3 is 4.74 Å². The highest BCUT2D eigenvalue weighted by Gasteiger charge is 2.12. The van der Waals surface area contributed by atoms with Crippen LogP contribution in [0, 0.1) is 0 Å². The van der Waals surface area contributed by atoms with Gasteiger partial charge in [0.2, 0.25) is 0 Å². The Bertz CT molecular complexity index is 296. The largest absolute Gasteiger partial charge is 0.360 e. The van der Waals surface area contributed by atoms with Gasteiger partial charge in [0, 0.05) is 20.9 Å². The van der Waals surface area contributed by atoms with E-state index < -0.39 is 8.07 Å². The van der Waals surface area contributed by atoms with E-state index in [1.807, 2.05) is 6.07 Å². The van der Waals surface area contributed by atoms with Crippen LogP contribution >= 0.6 is 11.6 Å². The molecule has 0 bridgehead atoms. The zero-order valence-corrected chi connectivity index (χ0v) is 11.4. The average Bonchev–Trinajstić information content (AvgIpc) is 2.58. The first-order valence-electron chi connectivity index (χ1n) is 5.17. The number of ether oxygens (including phenoxy) is 1. The van der Waals surface area contributed by atoms with E-state index in [2.05, 4.69) is 24.7 Å². The number of hydrogen-bond donors (Lipinski definition) is 0. The summed E-state index contributed by atoms with van der Waals surface area (Å²) in [6, 6.07) is 3.10. The van der Waals surface area contributed by atoms with E-state index in [0.29, 0.717) is 12.6 Å². The van der Waals surface area contributed by atoms with Gasteiger partial charge in [0.1, 0.15) is 6.73 Å². The third-order valence-electron chi connectivity index (χ3n) is 2.15. The number of rotatable bonds is 6. The lowest BCUT2D eigenvalue weighted by molar-refractivity contribution is 0.0769. The number of halogens is 1. The van der Waals surface area contributed by atoms with Crippen molar-refractivity contribution in [2.24, 2.45) is 0 Å². The molecule has 1 heterocycles. The second kappa shape index (κ2) is 5.68. The second-order valence-electron chi connectivity index (χ2n) is 4.80. The monoisotopic (exact) mass is 246 g/mol. The summed E-state index contributed by atoms with van der Waals surface area (Å²) in [6.07, 6.45) is 1.75. The molecule has 3 nitrogen and oxygen atoms in total. The Morgan fingerprint density at radius 3 is 2.80 bits per heavy atom. The van der Waals surface area contributed by atoms with Gasteiger partial charge in [-0.1, -0.05) is 19.6 Å². The van der Waals surface area contributed by atoms with Gasteiger partial charge in [-0.3, -0.25) is 0 Å². The fourth-order valence-electron chi connectivity index (χ4n) is 1.12. The lowest BCUT2D eigenvalue weighted by atomic mass is 10.5. The summed E-state index contributed by atoms with van der Waals surface area (Å²) in [7, 11) is -0.982. The Morgan fingerprint density at radius 2 is 2.20 bits per heavy atom. The van der Waals surface area contributed by atoms with E-state index in [4.69, 9.17) is 16.3 Å². The lowest BCUT2D eigenvalue weighted by Crippen LogP contribution is -2.22. The summed E-state index contributed by atoms with van der Waals surface area (Å²) in [5.74, 6) is 0.484. The number of alkyl halides is 1. The Morgan fingerprint density at radius 1 is 1.47 bits per heavy atom. The normalized spacial score (nSPS) is 12.0. The summed E-state index contributed by atoms with van der Waals surface area (Å²) in [6.45, 7) is 8.36. The Hall–Kier alpha value is -0.323. The van der Waals surface area contributed by atoms with E-state index in [-0.39, 0.29) is 0 Å². The van der Waals surface area contributed by atoms with Crippen LogP contribution in [0.4, 0.5) is 0 Å². The van der Waals surface area contributed by atoms with Crippen molar-refractivity contribution in [1.82, 2.24) is 9.78 Å². The Labute approximate surface area is 97.4 Å². The van der Waals surface area contributed by atoms with Crippen LogP contribution in [0.2, 0.25) is 25.7 Å². The maximum Gasteiger partial charge on any atom is 0.139 e. The van der Waals surface area contributed by atoms with Crippen molar-refractivity contribution in [3.63, 3.8) is 0 Å². The van der Waals surface area contributed by atoms with E-state index in [9.17, 15) is 0 Å². The van der Waals surface area contributed by atoms with Gasteiger partial charge in [0.05, 0.1) is 11.6 Å². The highest BCUT2D eigenvalue weighted by Crippen LogP contribution is 2.08. The molecule has 1 aromatic rings. The van der Waals surface area contributed by atoms with Crippen molar-refractivity contribution in [2.45, 2.75) is 38.3 Å². The Kier molecular flexibility index (Phi) is 4.82. The quantitative estimate of drug-likeness (QED) is 0.439. The van der Waals surface area contributed by atoms with Crippen LogP contribution in [-0.4, -0.2) is 24.5 Å². The van der Waals surface area contributed by atoms with Crippen LogP contribution in [0.25, 0.3) is 0 Å². The van der Waals surface area contributed by atoms with E-state index in [1.54, 1.807) is 10.9 Å². The van der Waals surface area contributed by atoms with Gasteiger partial charge >= 0.3 is 0 Å². The molecule has 0 aliphatic heterocycles. The van der Waals surface area contributed by atoms with Crippen molar-refractivity contribution in [2.75, 3.05) is 6.61 Å². The third kappa shape index (κ3) is 4.82. The molecule has 0 saturated heterocycles. The Balaban J connectivity index is 2.26. The molecule has 5 heteroatoms. The van der Waals surface area contributed by atoms with Gasteiger partial charge in [-0.15, -0.1) is 11.6 Å². The topological polar surface area (TPSA) is 27.1 Å². The molecule has 86 valence electrons. The zero-order valence-electron chi connectivity index (χ0n) is 9.66. The minimum absolute atomic E-state index is 0.484. The van der Waals surface area contributed by atoms with Crippen molar-refractivity contribution in [3.8, 4) is 0 Å². The first-order valence-corrected chi connectivity index (χ1v) is 9.41. The highest BCUT2D eigenvalue weighted by molar-refractivity contribution is 6.76. The molecule has 0 atom stereocenters. The van der Waals surface area contributed by atoms with Crippen molar-refractivity contribution in [3.05, 3.63) is 18.0 Å². The first-order chi connectivity index (χ1) is 7.03. The van der Waals surface area contributed by atoms with Crippen LogP contribution in [0.15, 0.2) is 12.3 Å². The van der Waals surface area contributed by atoms with Crippen LogP contribution in [0.5, 0.6) is 0 Å². The van der Waals surface area contributed by atoms with Crippen molar-refractivity contribution >= 4 is 19.7 Å². The fraction of sp³-hybridized carbons (Fsp3) is 0.700. The molecule has 1 rings (SSSR count). The predicted molar refractivity (Wildman–Crippen MR) is 65.9 cm³/mol. The molecule has 0 spiro atoms. The SMILES string of the molecule is C[Si](C)(C)CCOCn1nccc1CCl. The maximum atomic E-state index is 5.75. The zero-order chi connectivity index (χ0) is 11.3. The summed E-state index contributed by atoms with van der Waals surface area (Å²) in [5.41, 5.74) is 1.00. The van der Waals surface area contributed by atoms with Gasteiger partial charge in [-0.05, 0) is 12.1 Å². The number of hydrogen-bond acceptors (Lipinski definition) is 2. The van der Waals surface area contributed by atoms with Crippen molar-refractivity contribution < 1.29 is 4.74 Å². The van der Waals surface area contributed by atoms with Gasteiger partial charge in [-0.2, -0.15) is 5.10 Å². The molecule has 1 aromatic heterocycles. The molecular formula is C10H19ClN2OSi. The fourth-order valence-corrected chi connectivity index (χ4v) is 2.10. The molecule has 15 heavy (non-hydrogen) atoms. The third-order valence-corrected chi connectivity index (χ3v) is 4.13. The van der Waals surface area contributed by atoms with E-state index in [1.165, 1.54) is 6.04 Å². The summed E-state index contributed by atoms with van der Waals surface area (Å²) in [4.78, 5) is 0. The molecular weight excluding hydrogens is 228 g/mol. The molecule has 0 aliphatic rings. The van der Waals surface area contributed by atoms with E-state index in [0.717, 1.165) is 12.3 Å². The van der Waals surface area contributed by atoms with Crippen LogP contribution in [-0.2, 0) is 17.3 Å². The molecule has 0 unspecified atom stereocenters. The molecule has 0 amide bonds. The summed E-state index contributed by atoms with van der Waals surface area (Å²) in [5, 5.41) is 4.14.